The summed E-state index contributed by atoms with van der Waals surface area (Å²) in [4.78, 5) is 0. The Morgan fingerprint density at radius 2 is 1.69 bits per heavy atom. The molecule has 13 heavy (non-hydrogen) atoms. The lowest BCUT2D eigenvalue weighted by Crippen LogP contribution is -2.22. The van der Waals surface area contributed by atoms with Crippen LogP contribution in [0.3, 0.4) is 0 Å². The first-order chi connectivity index (χ1) is 5.91. The molecule has 0 unspecified atom stereocenters. The quantitative estimate of drug-likeness (QED) is 0.228. The van der Waals surface area contributed by atoms with Crippen LogP contribution in [0.5, 0.6) is 0 Å². The molecule has 6 nitrogen and oxygen atoms in total. The average molecular weight is 214 g/mol. The maximum absolute atomic E-state index is 8.74. The van der Waals surface area contributed by atoms with Gasteiger partial charge in [0.25, 0.3) is 0 Å². The summed E-state index contributed by atoms with van der Waals surface area (Å²) in [5.41, 5.74) is 2.63. The Morgan fingerprint density at radius 3 is 2.00 bits per heavy atom. The molecule has 0 heterocycles. The lowest BCUT2D eigenvalue weighted by Gasteiger charge is -1.95. The minimum Gasteiger partial charge on any atom is -0.271 e. The zero-order valence-electron chi connectivity index (χ0n) is 7.73. The molecule has 82 valence electrons. The molecular weight excluding hydrogens is 196 g/mol. The van der Waals surface area contributed by atoms with E-state index in [0.717, 1.165) is 6.54 Å². The first-order valence-corrected chi connectivity index (χ1v) is 5.44. The lowest BCUT2D eigenvalue weighted by molar-refractivity contribution is 0.381. The minimum atomic E-state index is -4.67. The van der Waals surface area contributed by atoms with Gasteiger partial charge in [-0.1, -0.05) is 26.2 Å². The Hall–Kier alpha value is -0.210. The molecule has 0 amide bonds. The molecule has 0 saturated heterocycles. The molecule has 0 aliphatic heterocycles. The van der Waals surface area contributed by atoms with Gasteiger partial charge in [-0.3, -0.25) is 20.4 Å². The zero-order chi connectivity index (χ0) is 10.7. The van der Waals surface area contributed by atoms with Gasteiger partial charge in [0, 0.05) is 6.54 Å². The second kappa shape index (κ2) is 9.87. The van der Waals surface area contributed by atoms with Gasteiger partial charge in [0.05, 0.1) is 0 Å². The summed E-state index contributed by atoms with van der Waals surface area (Å²) < 4.78 is 31.6. The molecule has 0 aliphatic rings. The Balaban J connectivity index is 0. The summed E-state index contributed by atoms with van der Waals surface area (Å²) >= 11 is 0. The second-order valence-corrected chi connectivity index (χ2v) is 3.36. The first kappa shape index (κ1) is 15.3. The molecule has 0 aromatic rings. The van der Waals surface area contributed by atoms with Gasteiger partial charge >= 0.3 is 10.4 Å². The van der Waals surface area contributed by atoms with Crippen molar-refractivity contribution in [3.8, 4) is 0 Å². The van der Waals surface area contributed by atoms with Crippen LogP contribution in [0.4, 0.5) is 0 Å². The van der Waals surface area contributed by atoms with Gasteiger partial charge in [-0.2, -0.15) is 8.42 Å². The maximum Gasteiger partial charge on any atom is 0.394 e. The van der Waals surface area contributed by atoms with E-state index in [1.165, 1.54) is 25.7 Å². The van der Waals surface area contributed by atoms with E-state index in [1.54, 1.807) is 0 Å². The zero-order valence-corrected chi connectivity index (χ0v) is 8.55. The molecule has 0 aliphatic carbocycles. The molecule has 0 bridgehead atoms. The molecule has 5 N–H and O–H groups in total. The van der Waals surface area contributed by atoms with Gasteiger partial charge in [-0.25, -0.2) is 0 Å². The molecule has 0 radical (unpaired) electrons. The van der Waals surface area contributed by atoms with Gasteiger partial charge in [-0.05, 0) is 6.42 Å². The fraction of sp³-hybridized carbons (Fsp3) is 1.00. The number of hydrazine groups is 1. The summed E-state index contributed by atoms with van der Waals surface area (Å²) in [7, 11) is -4.67. The maximum atomic E-state index is 8.74. The number of hydrogen-bond acceptors (Lipinski definition) is 4. The van der Waals surface area contributed by atoms with Crippen LogP contribution in [-0.2, 0) is 10.4 Å². The van der Waals surface area contributed by atoms with Crippen molar-refractivity contribution in [3.63, 3.8) is 0 Å². The van der Waals surface area contributed by atoms with Gasteiger partial charge in [0.2, 0.25) is 0 Å². The Bertz CT molecular complexity index is 167. The number of nitrogens with one attached hydrogen (secondary N) is 1. The number of unbranched alkanes of at least 4 members (excludes halogenated alkanes) is 3. The Morgan fingerprint density at radius 1 is 1.23 bits per heavy atom. The molecule has 0 saturated carbocycles. The van der Waals surface area contributed by atoms with E-state index in [0.29, 0.717) is 0 Å². The molecule has 0 spiro atoms. The van der Waals surface area contributed by atoms with Gasteiger partial charge in [-0.15, -0.1) is 0 Å². The smallest absolute Gasteiger partial charge is 0.271 e. The van der Waals surface area contributed by atoms with E-state index in [2.05, 4.69) is 12.3 Å². The molecule has 0 rings (SSSR count). The van der Waals surface area contributed by atoms with Crippen LogP contribution in [-0.4, -0.2) is 24.1 Å². The predicted octanol–water partition coefficient (Wildman–Crippen LogP) is 0.377. The van der Waals surface area contributed by atoms with Crippen LogP contribution in [0.15, 0.2) is 0 Å². The lowest BCUT2D eigenvalue weighted by atomic mass is 10.2. The van der Waals surface area contributed by atoms with Crippen molar-refractivity contribution in [3.05, 3.63) is 0 Å². The van der Waals surface area contributed by atoms with E-state index >= 15 is 0 Å². The fourth-order valence-corrected chi connectivity index (χ4v) is 0.654. The van der Waals surface area contributed by atoms with Crippen LogP contribution in [0.2, 0.25) is 0 Å². The third kappa shape index (κ3) is 49.3. The predicted molar refractivity (Wildman–Crippen MR) is 50.5 cm³/mol. The van der Waals surface area contributed by atoms with Crippen molar-refractivity contribution in [2.45, 2.75) is 32.6 Å². The van der Waals surface area contributed by atoms with Crippen molar-refractivity contribution in [2.75, 3.05) is 6.54 Å². The number of hydrogen-bond donors (Lipinski definition) is 4. The summed E-state index contributed by atoms with van der Waals surface area (Å²) in [6.07, 6.45) is 5.15. The van der Waals surface area contributed by atoms with Gasteiger partial charge < -0.3 is 0 Å². The Kier molecular flexibility index (Phi) is 11.6. The third-order valence-electron chi connectivity index (χ3n) is 1.17. The Labute approximate surface area is 79.1 Å². The van der Waals surface area contributed by atoms with Crippen LogP contribution in [0, 0.1) is 0 Å². The summed E-state index contributed by atoms with van der Waals surface area (Å²) in [6, 6.07) is 0. The number of nitrogens with two attached hydrogens (primary N) is 1. The van der Waals surface area contributed by atoms with Crippen molar-refractivity contribution in [1.29, 1.82) is 0 Å². The summed E-state index contributed by atoms with van der Waals surface area (Å²) in [5, 5.41) is 0. The highest BCUT2D eigenvalue weighted by atomic mass is 32.3. The van der Waals surface area contributed by atoms with E-state index in [-0.39, 0.29) is 0 Å². The monoisotopic (exact) mass is 214 g/mol. The van der Waals surface area contributed by atoms with Crippen LogP contribution >= 0.6 is 0 Å². The standard InChI is InChI=1S/C6H16N2.H2O4S/c1-2-3-4-5-6-8-7;1-5(2,3)4/h8H,2-7H2,1H3;(H2,1,2,3,4). The molecule has 7 heteroatoms. The van der Waals surface area contributed by atoms with Gasteiger partial charge in [0.1, 0.15) is 0 Å². The molecule has 0 atom stereocenters. The normalized spacial score (nSPS) is 10.5. The van der Waals surface area contributed by atoms with Crippen molar-refractivity contribution >= 4 is 10.4 Å². The molecule has 0 aromatic carbocycles. The summed E-state index contributed by atoms with van der Waals surface area (Å²) in [5.74, 6) is 5.06. The number of rotatable bonds is 5. The molecule has 0 fully saturated rings. The highest BCUT2D eigenvalue weighted by molar-refractivity contribution is 7.79. The van der Waals surface area contributed by atoms with E-state index in [4.69, 9.17) is 23.4 Å². The molecule has 0 aromatic heterocycles. The summed E-state index contributed by atoms with van der Waals surface area (Å²) in [6.45, 7) is 3.16. The van der Waals surface area contributed by atoms with Gasteiger partial charge in [0.15, 0.2) is 0 Å². The highest BCUT2D eigenvalue weighted by Gasteiger charge is 1.84. The van der Waals surface area contributed by atoms with E-state index < -0.39 is 10.4 Å². The first-order valence-electron chi connectivity index (χ1n) is 4.05. The average Bonchev–Trinajstić information content (AvgIpc) is 1.95. The topological polar surface area (TPSA) is 113 Å². The van der Waals surface area contributed by atoms with Crippen LogP contribution < -0.4 is 11.3 Å². The second-order valence-electron chi connectivity index (χ2n) is 2.46. The van der Waals surface area contributed by atoms with Crippen molar-refractivity contribution in [1.82, 2.24) is 5.43 Å². The fourth-order valence-electron chi connectivity index (χ4n) is 0.654. The van der Waals surface area contributed by atoms with Crippen LogP contribution in [0.25, 0.3) is 0 Å². The van der Waals surface area contributed by atoms with Crippen molar-refractivity contribution < 1.29 is 17.5 Å². The van der Waals surface area contributed by atoms with E-state index in [1.807, 2.05) is 0 Å². The van der Waals surface area contributed by atoms with Crippen LogP contribution in [0.1, 0.15) is 32.6 Å². The van der Waals surface area contributed by atoms with Crippen molar-refractivity contribution in [2.24, 2.45) is 5.84 Å². The highest BCUT2D eigenvalue weighted by Crippen LogP contribution is 1.95. The SMILES string of the molecule is CCCCCCNN.O=S(=O)(O)O. The third-order valence-corrected chi connectivity index (χ3v) is 1.17. The minimum absolute atomic E-state index is 0.958. The van der Waals surface area contributed by atoms with E-state index in [9.17, 15) is 0 Å². The largest absolute Gasteiger partial charge is 0.394 e. The molecular formula is C6H18N2O4S.